The van der Waals surface area contributed by atoms with Crippen molar-refractivity contribution in [3.8, 4) is 0 Å². The van der Waals surface area contributed by atoms with E-state index in [1.807, 2.05) is 13.8 Å². The van der Waals surface area contributed by atoms with Gasteiger partial charge in [0.05, 0.1) is 0 Å². The van der Waals surface area contributed by atoms with E-state index in [1.165, 1.54) is 0 Å². The summed E-state index contributed by atoms with van der Waals surface area (Å²) in [4.78, 5) is 0. The summed E-state index contributed by atoms with van der Waals surface area (Å²) in [6.45, 7) is 4.31. The van der Waals surface area contributed by atoms with Crippen molar-refractivity contribution < 1.29 is 13.2 Å². The van der Waals surface area contributed by atoms with Crippen LogP contribution in [0.3, 0.4) is 0 Å². The van der Waals surface area contributed by atoms with Crippen LogP contribution in [-0.2, 0) is 6.54 Å². The molecule has 0 amide bonds. The van der Waals surface area contributed by atoms with Gasteiger partial charge in [-0.05, 0) is 31.0 Å². The summed E-state index contributed by atoms with van der Waals surface area (Å²) in [5.74, 6) is -3.70. The zero-order chi connectivity index (χ0) is 11.4. The maximum atomic E-state index is 12.8. The maximum absolute atomic E-state index is 12.8. The van der Waals surface area contributed by atoms with Gasteiger partial charge < -0.3 is 5.32 Å². The second-order valence-electron chi connectivity index (χ2n) is 3.56. The Morgan fingerprint density at radius 3 is 2.20 bits per heavy atom. The molecule has 4 heteroatoms. The summed E-state index contributed by atoms with van der Waals surface area (Å²) in [6, 6.07) is 2.28. The fourth-order valence-electron chi connectivity index (χ4n) is 1.15. The Hall–Kier alpha value is -1.03. The van der Waals surface area contributed by atoms with Crippen molar-refractivity contribution in [1.29, 1.82) is 0 Å². The first-order valence-corrected chi connectivity index (χ1v) is 4.91. The zero-order valence-corrected chi connectivity index (χ0v) is 8.78. The fourth-order valence-corrected chi connectivity index (χ4v) is 1.15. The van der Waals surface area contributed by atoms with Gasteiger partial charge >= 0.3 is 0 Å². The first-order valence-electron chi connectivity index (χ1n) is 4.91. The summed E-state index contributed by atoms with van der Waals surface area (Å²) in [5, 5.41) is 3.07. The number of nitrogens with one attached hydrogen (secondary N) is 1. The van der Waals surface area contributed by atoms with E-state index >= 15 is 0 Å². The summed E-state index contributed by atoms with van der Waals surface area (Å²) in [5.41, 5.74) is 0.409. The Balaban J connectivity index is 2.70. The normalized spacial score (nSPS) is 12.9. The first kappa shape index (κ1) is 12.0. The Morgan fingerprint density at radius 1 is 1.20 bits per heavy atom. The van der Waals surface area contributed by atoms with Crippen molar-refractivity contribution in [3.63, 3.8) is 0 Å². The van der Waals surface area contributed by atoms with Crippen LogP contribution in [0, 0.1) is 17.5 Å². The molecular formula is C11H14F3N. The summed E-state index contributed by atoms with van der Waals surface area (Å²) < 4.78 is 38.2. The minimum atomic E-state index is -1.41. The third-order valence-corrected chi connectivity index (χ3v) is 2.31. The van der Waals surface area contributed by atoms with Gasteiger partial charge in [0.15, 0.2) is 17.5 Å². The quantitative estimate of drug-likeness (QED) is 0.764. The summed E-state index contributed by atoms with van der Waals surface area (Å²) in [7, 11) is 0. The molecule has 15 heavy (non-hydrogen) atoms. The molecule has 1 nitrogen and oxygen atoms in total. The van der Waals surface area contributed by atoms with E-state index in [0.717, 1.165) is 18.6 Å². The van der Waals surface area contributed by atoms with Crippen LogP contribution in [0.2, 0.25) is 0 Å². The van der Waals surface area contributed by atoms with Crippen LogP contribution < -0.4 is 5.32 Å². The number of benzene rings is 1. The SMILES string of the molecule is CCC(C)NCc1cc(F)c(F)c(F)c1. The number of hydrogen-bond donors (Lipinski definition) is 1. The standard InChI is InChI=1S/C11H14F3N/c1-3-7(2)15-6-8-4-9(12)11(14)10(13)5-8/h4-5,7,15H,3,6H2,1-2H3. The van der Waals surface area contributed by atoms with Crippen LogP contribution in [0.1, 0.15) is 25.8 Å². The Bertz CT molecular complexity index is 316. The third kappa shape index (κ3) is 3.23. The van der Waals surface area contributed by atoms with E-state index in [2.05, 4.69) is 5.32 Å². The van der Waals surface area contributed by atoms with Crippen LogP contribution in [-0.4, -0.2) is 6.04 Å². The van der Waals surface area contributed by atoms with Crippen molar-refractivity contribution in [2.24, 2.45) is 0 Å². The zero-order valence-electron chi connectivity index (χ0n) is 8.78. The molecule has 0 spiro atoms. The lowest BCUT2D eigenvalue weighted by atomic mass is 10.2. The predicted molar refractivity (Wildman–Crippen MR) is 52.9 cm³/mol. The second kappa shape index (κ2) is 5.16. The van der Waals surface area contributed by atoms with Crippen LogP contribution in [0.5, 0.6) is 0 Å². The lowest BCUT2D eigenvalue weighted by Crippen LogP contribution is -2.24. The van der Waals surface area contributed by atoms with Crippen LogP contribution in [0.4, 0.5) is 13.2 Å². The largest absolute Gasteiger partial charge is 0.310 e. The van der Waals surface area contributed by atoms with Crippen LogP contribution >= 0.6 is 0 Å². The highest BCUT2D eigenvalue weighted by Crippen LogP contribution is 2.13. The number of rotatable bonds is 4. The smallest absolute Gasteiger partial charge is 0.194 e. The van der Waals surface area contributed by atoms with E-state index in [-0.39, 0.29) is 6.04 Å². The molecule has 1 unspecified atom stereocenters. The minimum Gasteiger partial charge on any atom is -0.310 e. The molecule has 0 heterocycles. The molecule has 0 aliphatic heterocycles. The van der Waals surface area contributed by atoms with Crippen molar-refractivity contribution in [2.75, 3.05) is 0 Å². The molecule has 0 aliphatic rings. The minimum absolute atomic E-state index is 0.265. The molecule has 0 bridgehead atoms. The molecule has 0 saturated carbocycles. The number of hydrogen-bond acceptors (Lipinski definition) is 1. The number of halogens is 3. The molecule has 0 aliphatic carbocycles. The van der Waals surface area contributed by atoms with E-state index in [0.29, 0.717) is 12.1 Å². The lowest BCUT2D eigenvalue weighted by molar-refractivity contribution is 0.442. The van der Waals surface area contributed by atoms with Gasteiger partial charge in [0.1, 0.15) is 0 Å². The molecule has 0 saturated heterocycles. The molecule has 0 aromatic heterocycles. The Morgan fingerprint density at radius 2 is 1.73 bits per heavy atom. The fraction of sp³-hybridized carbons (Fsp3) is 0.455. The molecule has 84 valence electrons. The van der Waals surface area contributed by atoms with Gasteiger partial charge in [-0.25, -0.2) is 13.2 Å². The molecular weight excluding hydrogens is 203 g/mol. The molecule has 0 fully saturated rings. The van der Waals surface area contributed by atoms with Crippen LogP contribution in [0.25, 0.3) is 0 Å². The first-order chi connectivity index (χ1) is 7.04. The van der Waals surface area contributed by atoms with Crippen LogP contribution in [0.15, 0.2) is 12.1 Å². The topological polar surface area (TPSA) is 12.0 Å². The monoisotopic (exact) mass is 217 g/mol. The predicted octanol–water partition coefficient (Wildman–Crippen LogP) is 2.99. The maximum Gasteiger partial charge on any atom is 0.194 e. The second-order valence-corrected chi connectivity index (χ2v) is 3.56. The molecule has 1 rings (SSSR count). The van der Waals surface area contributed by atoms with E-state index in [9.17, 15) is 13.2 Å². The van der Waals surface area contributed by atoms with E-state index in [1.54, 1.807) is 0 Å². The van der Waals surface area contributed by atoms with Gasteiger partial charge in [0.25, 0.3) is 0 Å². The third-order valence-electron chi connectivity index (χ3n) is 2.31. The van der Waals surface area contributed by atoms with Gasteiger partial charge in [-0.1, -0.05) is 6.92 Å². The molecule has 0 radical (unpaired) electrons. The van der Waals surface area contributed by atoms with Crippen molar-refractivity contribution in [1.82, 2.24) is 5.32 Å². The van der Waals surface area contributed by atoms with Gasteiger partial charge in [0, 0.05) is 12.6 Å². The highest BCUT2D eigenvalue weighted by Gasteiger charge is 2.10. The average Bonchev–Trinajstić information content (AvgIpc) is 2.22. The highest BCUT2D eigenvalue weighted by atomic mass is 19.2. The Kier molecular flexibility index (Phi) is 4.15. The molecule has 1 atom stereocenters. The van der Waals surface area contributed by atoms with Crippen molar-refractivity contribution in [2.45, 2.75) is 32.9 Å². The lowest BCUT2D eigenvalue weighted by Gasteiger charge is -2.11. The summed E-state index contributed by atoms with van der Waals surface area (Å²) >= 11 is 0. The average molecular weight is 217 g/mol. The van der Waals surface area contributed by atoms with Gasteiger partial charge in [-0.15, -0.1) is 0 Å². The Labute approximate surface area is 87.3 Å². The van der Waals surface area contributed by atoms with E-state index < -0.39 is 17.5 Å². The molecule has 1 aromatic carbocycles. The highest BCUT2D eigenvalue weighted by molar-refractivity contribution is 5.19. The van der Waals surface area contributed by atoms with Gasteiger partial charge in [0.2, 0.25) is 0 Å². The molecule has 1 N–H and O–H groups in total. The summed E-state index contributed by atoms with van der Waals surface area (Å²) in [6.07, 6.45) is 0.923. The van der Waals surface area contributed by atoms with E-state index in [4.69, 9.17) is 0 Å². The molecule has 1 aromatic rings. The van der Waals surface area contributed by atoms with Gasteiger partial charge in [-0.3, -0.25) is 0 Å². The van der Waals surface area contributed by atoms with Gasteiger partial charge in [-0.2, -0.15) is 0 Å². The van der Waals surface area contributed by atoms with Crippen molar-refractivity contribution >= 4 is 0 Å². The van der Waals surface area contributed by atoms with Crippen molar-refractivity contribution in [3.05, 3.63) is 35.1 Å².